The molecule has 1 N–H and O–H groups in total. The third kappa shape index (κ3) is 2.50. The van der Waals surface area contributed by atoms with E-state index in [-0.39, 0.29) is 18.5 Å². The molecule has 0 saturated carbocycles. The summed E-state index contributed by atoms with van der Waals surface area (Å²) in [5, 5.41) is 21.4. The lowest BCUT2D eigenvalue weighted by atomic mass is 9.96. The topological polar surface area (TPSA) is 89.7 Å². The van der Waals surface area contributed by atoms with Crippen LogP contribution in [-0.2, 0) is 9.53 Å². The highest BCUT2D eigenvalue weighted by Crippen LogP contribution is 2.25. The van der Waals surface area contributed by atoms with Crippen LogP contribution in [0.25, 0.3) is 11.3 Å². The molecule has 22 heavy (non-hydrogen) atoms. The van der Waals surface area contributed by atoms with Crippen molar-refractivity contribution in [3.63, 3.8) is 0 Å². The molecule has 112 valence electrons. The fourth-order valence-corrected chi connectivity index (χ4v) is 2.64. The van der Waals surface area contributed by atoms with Crippen LogP contribution >= 0.6 is 0 Å². The summed E-state index contributed by atoms with van der Waals surface area (Å²) in [4.78, 5) is 21.3. The highest BCUT2D eigenvalue weighted by Gasteiger charge is 2.26. The van der Waals surface area contributed by atoms with Gasteiger partial charge in [0.05, 0.1) is 11.3 Å². The van der Waals surface area contributed by atoms with Crippen LogP contribution in [0.2, 0.25) is 0 Å². The Balaban J connectivity index is 2.18. The van der Waals surface area contributed by atoms with E-state index in [0.29, 0.717) is 5.76 Å². The molecule has 6 heteroatoms. The van der Waals surface area contributed by atoms with Crippen molar-refractivity contribution in [1.29, 1.82) is 0 Å². The van der Waals surface area contributed by atoms with Gasteiger partial charge in [-0.3, -0.25) is 14.9 Å². The number of allylic oxidation sites excluding steroid dienone is 1. The molecule has 0 amide bonds. The molecule has 0 saturated heterocycles. The van der Waals surface area contributed by atoms with E-state index in [0.717, 1.165) is 16.0 Å². The summed E-state index contributed by atoms with van der Waals surface area (Å²) in [7, 11) is 0. The average molecular weight is 299 g/mol. The van der Waals surface area contributed by atoms with Crippen molar-refractivity contribution in [1.82, 2.24) is 0 Å². The Kier molecular flexibility index (Phi) is 3.50. The molecular weight excluding hydrogens is 286 g/mol. The van der Waals surface area contributed by atoms with Crippen LogP contribution in [0, 0.1) is 10.1 Å². The van der Waals surface area contributed by atoms with Gasteiger partial charge >= 0.3 is 5.97 Å². The van der Waals surface area contributed by atoms with Crippen LogP contribution < -0.4 is 10.4 Å². The highest BCUT2D eigenvalue weighted by atomic mass is 16.6. The SMILES string of the molecule is O=C(O)CCC1=c2ccccc2=C2C=C([N+](=O)[O-])C=CC2O1. The van der Waals surface area contributed by atoms with E-state index in [1.807, 2.05) is 24.3 Å². The first kappa shape index (κ1) is 14.1. The molecule has 1 aliphatic heterocycles. The predicted octanol–water partition coefficient (Wildman–Crippen LogP) is 0.940. The Hall–Kier alpha value is -2.89. The molecule has 0 spiro atoms. The minimum absolute atomic E-state index is 0.0126. The van der Waals surface area contributed by atoms with Crippen molar-refractivity contribution in [2.75, 3.05) is 0 Å². The molecule has 6 nitrogen and oxygen atoms in total. The van der Waals surface area contributed by atoms with Crippen molar-refractivity contribution in [2.45, 2.75) is 18.9 Å². The summed E-state index contributed by atoms with van der Waals surface area (Å²) in [5.41, 5.74) is 0.738. The lowest BCUT2D eigenvalue weighted by Crippen LogP contribution is -2.38. The van der Waals surface area contributed by atoms with Gasteiger partial charge in [0.2, 0.25) is 0 Å². The molecule has 1 aromatic rings. The zero-order valence-corrected chi connectivity index (χ0v) is 11.6. The second-order valence-electron chi connectivity index (χ2n) is 5.04. The standard InChI is InChI=1S/C16H13NO5/c18-16(19)8-7-14-12-4-2-1-3-11(12)13-9-10(17(20)21)5-6-15(13)22-14/h1-6,9,15H,7-8H2,(H,18,19). The van der Waals surface area contributed by atoms with Crippen LogP contribution in [0.4, 0.5) is 0 Å². The molecule has 0 aromatic heterocycles. The van der Waals surface area contributed by atoms with Gasteiger partial charge < -0.3 is 9.84 Å². The van der Waals surface area contributed by atoms with Gasteiger partial charge in [0.15, 0.2) is 0 Å². The maximum Gasteiger partial charge on any atom is 0.303 e. The maximum atomic E-state index is 10.9. The maximum absolute atomic E-state index is 10.9. The number of ether oxygens (including phenoxy) is 1. The molecule has 1 aliphatic carbocycles. The molecule has 3 rings (SSSR count). The Morgan fingerprint density at radius 1 is 1.32 bits per heavy atom. The molecule has 0 bridgehead atoms. The summed E-state index contributed by atoms with van der Waals surface area (Å²) >= 11 is 0. The highest BCUT2D eigenvalue weighted by molar-refractivity contribution is 5.71. The summed E-state index contributed by atoms with van der Waals surface area (Å²) in [6.07, 6.45) is 4.40. The normalized spacial score (nSPS) is 18.9. The van der Waals surface area contributed by atoms with E-state index < -0.39 is 17.0 Å². The van der Waals surface area contributed by atoms with Crippen LogP contribution in [0.15, 0.2) is 48.2 Å². The number of carboxylic acids is 1. The quantitative estimate of drug-likeness (QED) is 0.660. The Labute approximate surface area is 125 Å². The number of nitrogens with zero attached hydrogens (tertiary/aromatic N) is 1. The first-order valence-corrected chi connectivity index (χ1v) is 6.81. The zero-order valence-electron chi connectivity index (χ0n) is 11.6. The lowest BCUT2D eigenvalue weighted by Gasteiger charge is -2.25. The minimum atomic E-state index is -0.891. The van der Waals surface area contributed by atoms with Crippen molar-refractivity contribution in [2.24, 2.45) is 0 Å². The van der Waals surface area contributed by atoms with Gasteiger partial charge in [-0.25, -0.2) is 0 Å². The van der Waals surface area contributed by atoms with Crippen LogP contribution in [0.1, 0.15) is 12.8 Å². The fourth-order valence-electron chi connectivity index (χ4n) is 2.64. The fraction of sp³-hybridized carbons (Fsp3) is 0.188. The zero-order chi connectivity index (χ0) is 15.7. The van der Waals surface area contributed by atoms with Crippen molar-refractivity contribution in [3.8, 4) is 0 Å². The van der Waals surface area contributed by atoms with Crippen LogP contribution in [0.3, 0.4) is 0 Å². The number of hydrogen-bond donors (Lipinski definition) is 1. The van der Waals surface area contributed by atoms with Gasteiger partial charge in [-0.1, -0.05) is 24.3 Å². The summed E-state index contributed by atoms with van der Waals surface area (Å²) < 4.78 is 5.86. The number of carbonyl (C=O) groups is 1. The van der Waals surface area contributed by atoms with Crippen molar-refractivity contribution < 1.29 is 19.6 Å². The number of aliphatic carboxylic acids is 1. The number of hydrogen-bond acceptors (Lipinski definition) is 4. The largest absolute Gasteiger partial charge is 0.485 e. The summed E-state index contributed by atoms with van der Waals surface area (Å²) in [6.45, 7) is 0. The number of rotatable bonds is 4. The molecule has 1 unspecified atom stereocenters. The molecule has 1 heterocycles. The van der Waals surface area contributed by atoms with Gasteiger partial charge in [0, 0.05) is 29.4 Å². The van der Waals surface area contributed by atoms with E-state index in [9.17, 15) is 14.9 Å². The number of carboxylic acid groups (broad SMARTS) is 1. The van der Waals surface area contributed by atoms with Gasteiger partial charge in [-0.15, -0.1) is 0 Å². The monoisotopic (exact) mass is 299 g/mol. The second kappa shape index (κ2) is 5.48. The smallest absolute Gasteiger partial charge is 0.303 e. The van der Waals surface area contributed by atoms with Crippen molar-refractivity contribution >= 4 is 17.3 Å². The number of benzene rings is 1. The summed E-state index contributed by atoms with van der Waals surface area (Å²) in [5.74, 6) is -0.285. The average Bonchev–Trinajstić information content (AvgIpc) is 2.52. The van der Waals surface area contributed by atoms with E-state index in [1.54, 1.807) is 6.08 Å². The molecule has 2 aliphatic rings. The van der Waals surface area contributed by atoms with Crippen LogP contribution in [-0.4, -0.2) is 22.1 Å². The first-order valence-electron chi connectivity index (χ1n) is 6.81. The molecular formula is C16H13NO5. The number of nitro groups is 1. The Bertz CT molecular complexity index is 834. The van der Waals surface area contributed by atoms with Crippen LogP contribution in [0.5, 0.6) is 0 Å². The van der Waals surface area contributed by atoms with Gasteiger partial charge in [-0.05, 0) is 11.3 Å². The van der Waals surface area contributed by atoms with Gasteiger partial charge in [-0.2, -0.15) is 0 Å². The van der Waals surface area contributed by atoms with Crippen molar-refractivity contribution in [3.05, 3.63) is 68.7 Å². The minimum Gasteiger partial charge on any atom is -0.485 e. The third-order valence-electron chi connectivity index (χ3n) is 3.64. The molecule has 0 radical (unpaired) electrons. The lowest BCUT2D eigenvalue weighted by molar-refractivity contribution is -0.419. The van der Waals surface area contributed by atoms with E-state index >= 15 is 0 Å². The van der Waals surface area contributed by atoms with E-state index in [2.05, 4.69) is 0 Å². The predicted molar refractivity (Wildman–Crippen MR) is 78.5 cm³/mol. The Morgan fingerprint density at radius 2 is 2.05 bits per heavy atom. The summed E-state index contributed by atoms with van der Waals surface area (Å²) in [6, 6.07) is 7.39. The Morgan fingerprint density at radius 3 is 2.73 bits per heavy atom. The first-order chi connectivity index (χ1) is 10.6. The number of fused-ring (bicyclic) bond motifs is 2. The second-order valence-corrected chi connectivity index (χ2v) is 5.04. The molecule has 1 atom stereocenters. The van der Waals surface area contributed by atoms with E-state index in [4.69, 9.17) is 9.84 Å². The molecule has 1 aromatic carbocycles. The van der Waals surface area contributed by atoms with Gasteiger partial charge in [0.25, 0.3) is 5.70 Å². The van der Waals surface area contributed by atoms with Gasteiger partial charge in [0.1, 0.15) is 11.9 Å². The molecule has 0 fully saturated rings. The third-order valence-corrected chi connectivity index (χ3v) is 3.64. The van der Waals surface area contributed by atoms with E-state index in [1.165, 1.54) is 12.2 Å².